The van der Waals surface area contributed by atoms with E-state index in [0.29, 0.717) is 25.1 Å². The average molecular weight is 275 g/mol. The molecule has 108 valence electrons. The van der Waals surface area contributed by atoms with E-state index in [2.05, 4.69) is 0 Å². The van der Waals surface area contributed by atoms with Crippen LogP contribution in [0.25, 0.3) is 0 Å². The van der Waals surface area contributed by atoms with Gasteiger partial charge in [-0.1, -0.05) is 12.1 Å². The Morgan fingerprint density at radius 3 is 2.90 bits per heavy atom. The Balaban J connectivity index is 1.89. The number of benzene rings is 1. The van der Waals surface area contributed by atoms with E-state index in [9.17, 15) is 9.59 Å². The molecule has 0 radical (unpaired) electrons. The maximum absolute atomic E-state index is 12.2. The second kappa shape index (κ2) is 6.41. The summed E-state index contributed by atoms with van der Waals surface area (Å²) in [5, 5.41) is 0. The zero-order valence-corrected chi connectivity index (χ0v) is 11.8. The number of nitrogens with two attached hydrogens (primary N) is 1. The van der Waals surface area contributed by atoms with E-state index in [4.69, 9.17) is 5.73 Å². The maximum Gasteiger partial charge on any atom is 0.241 e. The highest BCUT2D eigenvalue weighted by Gasteiger charge is 2.22. The summed E-state index contributed by atoms with van der Waals surface area (Å²) in [6, 6.07) is 7.56. The van der Waals surface area contributed by atoms with Crippen LogP contribution in [0.5, 0.6) is 0 Å². The summed E-state index contributed by atoms with van der Waals surface area (Å²) in [5.74, 6) is 0.0517. The lowest BCUT2D eigenvalue weighted by Gasteiger charge is -2.19. The molecule has 20 heavy (non-hydrogen) atoms. The zero-order valence-electron chi connectivity index (χ0n) is 11.8. The molecule has 1 aromatic carbocycles. The van der Waals surface area contributed by atoms with Gasteiger partial charge >= 0.3 is 0 Å². The molecule has 1 aliphatic heterocycles. The lowest BCUT2D eigenvalue weighted by molar-refractivity contribution is -0.138. The van der Waals surface area contributed by atoms with Gasteiger partial charge in [0.1, 0.15) is 0 Å². The fraction of sp³-hybridized carbons (Fsp3) is 0.467. The first-order valence-electron chi connectivity index (χ1n) is 6.92. The van der Waals surface area contributed by atoms with Crippen molar-refractivity contribution in [3.63, 3.8) is 0 Å². The minimum Gasteiger partial charge on any atom is -0.399 e. The first-order chi connectivity index (χ1) is 9.56. The molecule has 0 unspecified atom stereocenters. The number of carbonyl (C=O) groups is 2. The van der Waals surface area contributed by atoms with Crippen LogP contribution in [0.3, 0.4) is 0 Å². The monoisotopic (exact) mass is 275 g/mol. The van der Waals surface area contributed by atoms with Crippen molar-refractivity contribution in [2.45, 2.75) is 19.3 Å². The van der Waals surface area contributed by atoms with Crippen LogP contribution in [0, 0.1) is 0 Å². The van der Waals surface area contributed by atoms with Crippen molar-refractivity contribution in [2.24, 2.45) is 0 Å². The highest BCUT2D eigenvalue weighted by Crippen LogP contribution is 2.11. The summed E-state index contributed by atoms with van der Waals surface area (Å²) in [4.78, 5) is 27.3. The van der Waals surface area contributed by atoms with Gasteiger partial charge in [0, 0.05) is 32.2 Å². The van der Waals surface area contributed by atoms with Crippen LogP contribution in [-0.4, -0.2) is 48.3 Å². The van der Waals surface area contributed by atoms with Gasteiger partial charge in [0.15, 0.2) is 0 Å². The highest BCUT2D eigenvalue weighted by molar-refractivity contribution is 5.85. The number of amides is 2. The molecule has 0 aliphatic carbocycles. The van der Waals surface area contributed by atoms with E-state index in [1.54, 1.807) is 16.8 Å². The third-order valence-corrected chi connectivity index (χ3v) is 3.60. The molecule has 5 heteroatoms. The summed E-state index contributed by atoms with van der Waals surface area (Å²) in [7, 11) is 1.78. The molecule has 5 nitrogen and oxygen atoms in total. The van der Waals surface area contributed by atoms with Gasteiger partial charge in [-0.05, 0) is 30.5 Å². The minimum absolute atomic E-state index is 0.0137. The predicted octanol–water partition coefficient (Wildman–Crippen LogP) is 0.892. The standard InChI is InChI=1S/C15H21N3O2/c1-17-8-3-9-18(11-15(17)20)14(19)7-6-12-4-2-5-13(16)10-12/h2,4-5,10H,3,6-9,11,16H2,1H3. The van der Waals surface area contributed by atoms with Crippen LogP contribution >= 0.6 is 0 Å². The van der Waals surface area contributed by atoms with Crippen LogP contribution in [0.4, 0.5) is 5.69 Å². The molecule has 0 atom stereocenters. The molecule has 2 N–H and O–H groups in total. The number of carbonyl (C=O) groups excluding carboxylic acids is 2. The second-order valence-electron chi connectivity index (χ2n) is 5.23. The van der Waals surface area contributed by atoms with Crippen molar-refractivity contribution in [2.75, 3.05) is 32.4 Å². The van der Waals surface area contributed by atoms with Crippen LogP contribution < -0.4 is 5.73 Å². The van der Waals surface area contributed by atoms with E-state index >= 15 is 0 Å². The average Bonchev–Trinajstić information content (AvgIpc) is 2.59. The molecule has 0 spiro atoms. The van der Waals surface area contributed by atoms with Crippen molar-refractivity contribution in [3.8, 4) is 0 Å². The smallest absolute Gasteiger partial charge is 0.241 e. The number of nitrogen functional groups attached to an aromatic ring is 1. The fourth-order valence-electron chi connectivity index (χ4n) is 2.36. The SMILES string of the molecule is CN1CCCN(C(=O)CCc2cccc(N)c2)CC1=O. The first kappa shape index (κ1) is 14.4. The molecule has 0 bridgehead atoms. The van der Waals surface area contributed by atoms with Gasteiger partial charge in [0.05, 0.1) is 6.54 Å². The lowest BCUT2D eigenvalue weighted by atomic mass is 10.1. The van der Waals surface area contributed by atoms with Gasteiger partial charge in [-0.3, -0.25) is 9.59 Å². The number of likely N-dealkylation sites (N-methyl/N-ethyl adjacent to an activating group) is 1. The largest absolute Gasteiger partial charge is 0.399 e. The zero-order chi connectivity index (χ0) is 14.5. The number of anilines is 1. The molecule has 1 aromatic rings. The summed E-state index contributed by atoms with van der Waals surface area (Å²) in [6.07, 6.45) is 1.91. The van der Waals surface area contributed by atoms with E-state index in [-0.39, 0.29) is 18.4 Å². The molecular formula is C15H21N3O2. The van der Waals surface area contributed by atoms with Gasteiger partial charge in [0.2, 0.25) is 11.8 Å². The molecule has 0 aromatic heterocycles. The van der Waals surface area contributed by atoms with Crippen LogP contribution in [-0.2, 0) is 16.0 Å². The summed E-state index contributed by atoms with van der Waals surface area (Å²) >= 11 is 0. The van der Waals surface area contributed by atoms with Gasteiger partial charge < -0.3 is 15.5 Å². The Morgan fingerprint density at radius 1 is 1.35 bits per heavy atom. The van der Waals surface area contributed by atoms with Crippen LogP contribution in [0.1, 0.15) is 18.4 Å². The quantitative estimate of drug-likeness (QED) is 0.833. The molecule has 1 heterocycles. The van der Waals surface area contributed by atoms with Crippen molar-refractivity contribution >= 4 is 17.5 Å². The Bertz CT molecular complexity index is 502. The van der Waals surface area contributed by atoms with E-state index in [1.807, 2.05) is 24.3 Å². The van der Waals surface area contributed by atoms with Crippen LogP contribution in [0.15, 0.2) is 24.3 Å². The molecule has 1 aliphatic rings. The number of aryl methyl sites for hydroxylation is 1. The van der Waals surface area contributed by atoms with Crippen LogP contribution in [0.2, 0.25) is 0 Å². The molecule has 2 rings (SSSR count). The predicted molar refractivity (Wildman–Crippen MR) is 78.0 cm³/mol. The Hall–Kier alpha value is -2.04. The Kier molecular flexibility index (Phi) is 4.61. The van der Waals surface area contributed by atoms with E-state index < -0.39 is 0 Å². The number of hydrogen-bond acceptors (Lipinski definition) is 3. The number of nitrogens with zero attached hydrogens (tertiary/aromatic N) is 2. The third-order valence-electron chi connectivity index (χ3n) is 3.60. The van der Waals surface area contributed by atoms with Crippen molar-refractivity contribution in [3.05, 3.63) is 29.8 Å². The summed E-state index contributed by atoms with van der Waals surface area (Å²) in [5.41, 5.74) is 7.48. The number of rotatable bonds is 3. The normalized spacial score (nSPS) is 16.1. The Morgan fingerprint density at radius 2 is 2.15 bits per heavy atom. The van der Waals surface area contributed by atoms with E-state index in [1.165, 1.54) is 0 Å². The van der Waals surface area contributed by atoms with Gasteiger partial charge in [0.25, 0.3) is 0 Å². The molecule has 1 fully saturated rings. The van der Waals surface area contributed by atoms with Gasteiger partial charge in [-0.15, -0.1) is 0 Å². The molecule has 0 saturated carbocycles. The Labute approximate surface area is 119 Å². The van der Waals surface area contributed by atoms with Gasteiger partial charge in [-0.25, -0.2) is 0 Å². The fourth-order valence-corrected chi connectivity index (χ4v) is 2.36. The molecule has 2 amide bonds. The van der Waals surface area contributed by atoms with Crippen molar-refractivity contribution in [1.82, 2.24) is 9.80 Å². The topological polar surface area (TPSA) is 66.6 Å². The highest BCUT2D eigenvalue weighted by atomic mass is 16.2. The molecular weight excluding hydrogens is 254 g/mol. The lowest BCUT2D eigenvalue weighted by Crippen LogP contribution is -2.38. The molecule has 1 saturated heterocycles. The maximum atomic E-state index is 12.2. The second-order valence-corrected chi connectivity index (χ2v) is 5.23. The number of hydrogen-bond donors (Lipinski definition) is 1. The van der Waals surface area contributed by atoms with Gasteiger partial charge in [-0.2, -0.15) is 0 Å². The van der Waals surface area contributed by atoms with E-state index in [0.717, 1.165) is 18.5 Å². The minimum atomic E-state index is 0.0137. The van der Waals surface area contributed by atoms with Crippen molar-refractivity contribution < 1.29 is 9.59 Å². The summed E-state index contributed by atoms with van der Waals surface area (Å²) < 4.78 is 0. The summed E-state index contributed by atoms with van der Waals surface area (Å²) in [6.45, 7) is 1.58. The van der Waals surface area contributed by atoms with Crippen molar-refractivity contribution in [1.29, 1.82) is 0 Å². The third kappa shape index (κ3) is 3.73. The first-order valence-corrected chi connectivity index (χ1v) is 6.92.